The van der Waals surface area contributed by atoms with Crippen LogP contribution in [0.1, 0.15) is 11.1 Å². The first-order valence-corrected chi connectivity index (χ1v) is 9.49. The van der Waals surface area contributed by atoms with Gasteiger partial charge in [0.05, 0.1) is 31.8 Å². The zero-order chi connectivity index (χ0) is 20.7. The molecule has 0 bridgehead atoms. The van der Waals surface area contributed by atoms with Gasteiger partial charge in [-0.3, -0.25) is 5.32 Å². The van der Waals surface area contributed by atoms with E-state index in [1.807, 2.05) is 4.72 Å². The van der Waals surface area contributed by atoms with Crippen molar-refractivity contribution in [3.05, 3.63) is 35.4 Å². The van der Waals surface area contributed by atoms with Crippen molar-refractivity contribution in [2.24, 2.45) is 0 Å². The number of ether oxygens (including phenoxy) is 2. The molecular formula is C16H21N5O6S. The van der Waals surface area contributed by atoms with Crippen molar-refractivity contribution in [2.45, 2.75) is 18.0 Å². The van der Waals surface area contributed by atoms with E-state index in [1.165, 1.54) is 32.4 Å². The van der Waals surface area contributed by atoms with Crippen LogP contribution >= 0.6 is 0 Å². The lowest BCUT2D eigenvalue weighted by Gasteiger charge is -2.13. The van der Waals surface area contributed by atoms with E-state index in [4.69, 9.17) is 9.47 Å². The number of urea groups is 1. The van der Waals surface area contributed by atoms with Gasteiger partial charge in [0.25, 0.3) is 10.0 Å². The van der Waals surface area contributed by atoms with Crippen molar-refractivity contribution in [1.82, 2.24) is 20.0 Å². The maximum Gasteiger partial charge on any atom is 0.335 e. The van der Waals surface area contributed by atoms with Gasteiger partial charge in [-0.05, 0) is 24.2 Å². The fraction of sp³-hybridized carbons (Fsp3) is 0.312. The summed E-state index contributed by atoms with van der Waals surface area (Å²) in [5.41, 5.74) is 0.820. The number of rotatable bonds is 8. The van der Waals surface area contributed by atoms with E-state index in [-0.39, 0.29) is 28.2 Å². The molecule has 0 aliphatic rings. The van der Waals surface area contributed by atoms with Crippen molar-refractivity contribution >= 4 is 22.0 Å². The summed E-state index contributed by atoms with van der Waals surface area (Å²) in [4.78, 5) is 19.7. The zero-order valence-corrected chi connectivity index (χ0v) is 16.3. The number of hydrogen-bond acceptors (Lipinski definition) is 9. The van der Waals surface area contributed by atoms with Crippen molar-refractivity contribution < 1.29 is 27.8 Å². The largest absolute Gasteiger partial charge is 0.481 e. The van der Waals surface area contributed by atoms with E-state index in [1.54, 1.807) is 13.1 Å². The van der Waals surface area contributed by atoms with Crippen LogP contribution in [0.2, 0.25) is 0 Å². The van der Waals surface area contributed by atoms with Crippen LogP contribution < -0.4 is 24.8 Å². The average molecular weight is 411 g/mol. The molecule has 4 N–H and O–H groups in total. The van der Waals surface area contributed by atoms with Crippen LogP contribution in [0.15, 0.2) is 29.2 Å². The zero-order valence-electron chi connectivity index (χ0n) is 15.5. The van der Waals surface area contributed by atoms with Crippen LogP contribution in [0, 0.1) is 0 Å². The number of aromatic nitrogens is 2. The van der Waals surface area contributed by atoms with E-state index in [0.29, 0.717) is 12.1 Å². The van der Waals surface area contributed by atoms with E-state index in [2.05, 4.69) is 20.6 Å². The number of carbonyl (C=O) groups excluding carboxylic acids is 1. The molecule has 0 atom stereocenters. The van der Waals surface area contributed by atoms with Gasteiger partial charge in [0, 0.05) is 6.54 Å². The summed E-state index contributed by atoms with van der Waals surface area (Å²) >= 11 is 0. The fourth-order valence-electron chi connectivity index (χ4n) is 2.27. The standard InChI is InChI=1S/C16H21N5O6S/c1-17-8-10-4-5-11(9-22)12(6-10)28(24,25)21-16(23)20-15-18-13(26-2)7-14(19-15)27-3/h4-7,17,22H,8-9H2,1-3H3,(H2,18,19,20,21,23). The molecule has 0 radical (unpaired) electrons. The monoisotopic (exact) mass is 411 g/mol. The highest BCUT2D eigenvalue weighted by Gasteiger charge is 2.22. The Balaban J connectivity index is 2.25. The first-order valence-electron chi connectivity index (χ1n) is 8.01. The van der Waals surface area contributed by atoms with E-state index < -0.39 is 22.7 Å². The highest BCUT2D eigenvalue weighted by Crippen LogP contribution is 2.19. The number of benzene rings is 1. The summed E-state index contributed by atoms with van der Waals surface area (Å²) in [6, 6.07) is 4.84. The van der Waals surface area contributed by atoms with Crippen molar-refractivity contribution in [2.75, 3.05) is 26.6 Å². The lowest BCUT2D eigenvalue weighted by Crippen LogP contribution is -2.35. The molecule has 1 aromatic heterocycles. The molecule has 2 rings (SSSR count). The molecule has 11 nitrogen and oxygen atoms in total. The highest BCUT2D eigenvalue weighted by molar-refractivity contribution is 7.90. The molecule has 2 amide bonds. The summed E-state index contributed by atoms with van der Waals surface area (Å²) in [5.74, 6) is 0.0231. The Morgan fingerprint density at radius 2 is 1.79 bits per heavy atom. The van der Waals surface area contributed by atoms with Crippen LogP contribution in [0.3, 0.4) is 0 Å². The predicted octanol–water partition coefficient (Wildman–Crippen LogP) is 0.216. The SMILES string of the molecule is CNCc1ccc(CO)c(S(=O)(=O)NC(=O)Nc2nc(OC)cc(OC)n2)c1. The van der Waals surface area contributed by atoms with Crippen LogP contribution in [0.5, 0.6) is 11.8 Å². The quantitative estimate of drug-likeness (QED) is 0.478. The molecule has 0 saturated carbocycles. The molecule has 1 heterocycles. The molecule has 28 heavy (non-hydrogen) atoms. The maximum absolute atomic E-state index is 12.6. The number of aliphatic hydroxyl groups is 1. The van der Waals surface area contributed by atoms with E-state index in [9.17, 15) is 18.3 Å². The molecule has 0 spiro atoms. The van der Waals surface area contributed by atoms with Gasteiger partial charge in [-0.25, -0.2) is 17.9 Å². The third kappa shape index (κ3) is 5.28. The molecule has 0 saturated heterocycles. The second-order valence-corrected chi connectivity index (χ2v) is 7.12. The Labute approximate surface area is 162 Å². The molecule has 0 fully saturated rings. The summed E-state index contributed by atoms with van der Waals surface area (Å²) in [5, 5.41) is 14.5. The number of carbonyl (C=O) groups is 1. The number of methoxy groups -OCH3 is 2. The summed E-state index contributed by atoms with van der Waals surface area (Å²) < 4.78 is 37.0. The number of amides is 2. The van der Waals surface area contributed by atoms with E-state index in [0.717, 1.165) is 0 Å². The second kappa shape index (κ2) is 9.30. The number of sulfonamides is 1. The van der Waals surface area contributed by atoms with Crippen molar-refractivity contribution in [3.8, 4) is 11.8 Å². The maximum atomic E-state index is 12.6. The topological polar surface area (TPSA) is 152 Å². The first kappa shape index (κ1) is 21.3. The normalized spacial score (nSPS) is 11.0. The number of hydrogen-bond donors (Lipinski definition) is 4. The number of nitrogens with zero attached hydrogens (tertiary/aromatic N) is 2. The molecule has 12 heteroatoms. The van der Waals surface area contributed by atoms with Crippen LogP contribution in [-0.2, 0) is 23.2 Å². The van der Waals surface area contributed by atoms with Gasteiger partial charge in [-0.15, -0.1) is 0 Å². The molecule has 1 aromatic carbocycles. The van der Waals surface area contributed by atoms with Crippen molar-refractivity contribution in [3.63, 3.8) is 0 Å². The molecule has 0 unspecified atom stereocenters. The first-order chi connectivity index (χ1) is 13.3. The Hall–Kier alpha value is -2.96. The number of nitrogens with one attached hydrogen (secondary N) is 3. The van der Waals surface area contributed by atoms with Gasteiger partial charge >= 0.3 is 6.03 Å². The summed E-state index contributed by atoms with van der Waals surface area (Å²) in [7, 11) is 0.180. The Morgan fingerprint density at radius 3 is 2.32 bits per heavy atom. The molecule has 2 aromatic rings. The van der Waals surface area contributed by atoms with Gasteiger partial charge in [0.1, 0.15) is 0 Å². The van der Waals surface area contributed by atoms with Gasteiger partial charge in [0.2, 0.25) is 17.7 Å². The average Bonchev–Trinajstić information content (AvgIpc) is 2.67. The van der Waals surface area contributed by atoms with Gasteiger partial charge in [-0.1, -0.05) is 12.1 Å². The van der Waals surface area contributed by atoms with Crippen LogP contribution in [-0.4, -0.2) is 50.8 Å². The van der Waals surface area contributed by atoms with Crippen LogP contribution in [0.4, 0.5) is 10.7 Å². The Bertz CT molecular complexity index is 928. The molecule has 152 valence electrons. The fourth-order valence-corrected chi connectivity index (χ4v) is 3.46. The third-order valence-corrected chi connectivity index (χ3v) is 4.94. The second-order valence-electron chi connectivity index (χ2n) is 5.47. The third-order valence-electron chi connectivity index (χ3n) is 3.52. The lowest BCUT2D eigenvalue weighted by molar-refractivity contribution is 0.256. The highest BCUT2D eigenvalue weighted by atomic mass is 32.2. The lowest BCUT2D eigenvalue weighted by atomic mass is 10.1. The summed E-state index contributed by atoms with van der Waals surface area (Å²) in [6.45, 7) is -0.0915. The summed E-state index contributed by atoms with van der Waals surface area (Å²) in [6.07, 6.45) is 0. The minimum atomic E-state index is -4.26. The molecular weight excluding hydrogens is 390 g/mol. The number of aliphatic hydroxyl groups excluding tert-OH is 1. The molecule has 0 aliphatic carbocycles. The van der Waals surface area contributed by atoms with Gasteiger partial charge in [-0.2, -0.15) is 9.97 Å². The minimum Gasteiger partial charge on any atom is -0.481 e. The van der Waals surface area contributed by atoms with Gasteiger partial charge < -0.3 is 19.9 Å². The van der Waals surface area contributed by atoms with E-state index >= 15 is 0 Å². The van der Waals surface area contributed by atoms with Crippen LogP contribution in [0.25, 0.3) is 0 Å². The Morgan fingerprint density at radius 1 is 1.14 bits per heavy atom. The predicted molar refractivity (Wildman–Crippen MR) is 99.6 cm³/mol. The van der Waals surface area contributed by atoms with Gasteiger partial charge in [0.15, 0.2) is 0 Å². The smallest absolute Gasteiger partial charge is 0.335 e. The minimum absolute atomic E-state index is 0.118. The van der Waals surface area contributed by atoms with Crippen molar-refractivity contribution in [1.29, 1.82) is 0 Å². The Kier molecular flexibility index (Phi) is 7.09. The number of anilines is 1. The molecule has 0 aliphatic heterocycles.